The highest BCUT2D eigenvalue weighted by Gasteiger charge is 2.46. The molecule has 1 aromatic heterocycles. The molecule has 1 aliphatic carbocycles. The summed E-state index contributed by atoms with van der Waals surface area (Å²) in [6, 6.07) is 2.60. The van der Waals surface area contributed by atoms with Gasteiger partial charge in [-0.2, -0.15) is 0 Å². The lowest BCUT2D eigenvalue weighted by Crippen LogP contribution is -2.64. The number of esters is 1. The second-order valence-corrected chi connectivity index (χ2v) is 23.4. The van der Waals surface area contributed by atoms with Gasteiger partial charge in [0.25, 0.3) is 17.7 Å². The van der Waals surface area contributed by atoms with Crippen LogP contribution in [0.25, 0.3) is 0 Å². The number of anilines is 1. The first-order valence-electron chi connectivity index (χ1n) is 27.4. The van der Waals surface area contributed by atoms with Gasteiger partial charge in [0.2, 0.25) is 23.6 Å². The number of thiol groups is 1. The number of benzene rings is 1. The molecule has 1 aromatic carbocycles. The summed E-state index contributed by atoms with van der Waals surface area (Å²) in [6.45, 7) is 16.9. The Morgan fingerprint density at radius 3 is 2.34 bits per heavy atom. The molecule has 0 bridgehead atoms. The average Bonchev–Trinajstić information content (AvgIpc) is 4.01. The zero-order valence-electron chi connectivity index (χ0n) is 46.5. The van der Waals surface area contributed by atoms with Crippen molar-refractivity contribution in [2.75, 3.05) is 38.5 Å². The number of ether oxygens (including phenoxy) is 1. The summed E-state index contributed by atoms with van der Waals surface area (Å²) in [7, 11) is 1.95. The largest absolute Gasteiger partial charge is 0.455 e. The number of nitrogens with one attached hydrogen (secondary N) is 4. The zero-order valence-corrected chi connectivity index (χ0v) is 48.2. The van der Waals surface area contributed by atoms with Crippen molar-refractivity contribution in [3.63, 3.8) is 0 Å². The number of nitrogens with zero attached hydrogens (tertiary/aromatic N) is 4. The third-order valence-electron chi connectivity index (χ3n) is 15.7. The van der Waals surface area contributed by atoms with Crippen LogP contribution >= 0.6 is 24.0 Å². The monoisotopic (exact) mass is 1110 g/mol. The molecule has 77 heavy (non-hydrogen) atoms. The molecule has 6 N–H and O–H groups in total. The summed E-state index contributed by atoms with van der Waals surface area (Å²) < 4.78 is 5.91. The predicted octanol–water partition coefficient (Wildman–Crippen LogP) is 6.13. The van der Waals surface area contributed by atoms with E-state index >= 15 is 0 Å². The van der Waals surface area contributed by atoms with Crippen molar-refractivity contribution < 1.29 is 47.9 Å². The van der Waals surface area contributed by atoms with Crippen molar-refractivity contribution >= 4 is 82.1 Å². The molecule has 0 radical (unpaired) electrons. The number of unbranched alkanes of at least 4 members (excludes halogenated alkanes) is 3. The first-order valence-corrected chi connectivity index (χ1v) is 28.7. The summed E-state index contributed by atoms with van der Waals surface area (Å²) in [5, 5.41) is 13.6. The van der Waals surface area contributed by atoms with Gasteiger partial charge in [-0.1, -0.05) is 47.1 Å². The first kappa shape index (κ1) is 62.3. The Balaban J connectivity index is 1.25. The van der Waals surface area contributed by atoms with E-state index in [0.717, 1.165) is 41.2 Å². The van der Waals surface area contributed by atoms with E-state index in [2.05, 4.69) is 43.8 Å². The maximum atomic E-state index is 14.9. The summed E-state index contributed by atoms with van der Waals surface area (Å²) >= 11 is 5.40. The van der Waals surface area contributed by atoms with Crippen molar-refractivity contribution in [1.82, 2.24) is 35.6 Å². The van der Waals surface area contributed by atoms with Crippen LogP contribution in [-0.4, -0.2) is 135 Å². The Kier molecular flexibility index (Phi) is 23.0. The van der Waals surface area contributed by atoms with E-state index in [1.165, 1.54) is 19.1 Å². The molecule has 7 amide bonds. The van der Waals surface area contributed by atoms with Crippen LogP contribution in [0.15, 0.2) is 35.7 Å². The molecule has 0 unspecified atom stereocenters. The van der Waals surface area contributed by atoms with E-state index in [4.69, 9.17) is 10.5 Å². The van der Waals surface area contributed by atoms with Crippen LogP contribution in [-0.2, 0) is 49.5 Å². The normalized spacial score (nSPS) is 20.2. The number of carbonyl (C=O) groups is 9. The number of imide groups is 1. The van der Waals surface area contributed by atoms with Gasteiger partial charge in [0.15, 0.2) is 11.2 Å². The van der Waals surface area contributed by atoms with E-state index in [1.54, 1.807) is 28.5 Å². The van der Waals surface area contributed by atoms with Crippen molar-refractivity contribution in [3.05, 3.63) is 57.6 Å². The minimum Gasteiger partial charge on any atom is -0.455 e. The van der Waals surface area contributed by atoms with Crippen molar-refractivity contribution in [1.29, 1.82) is 0 Å². The average molecular weight is 1110 g/mol. The van der Waals surface area contributed by atoms with E-state index in [9.17, 15) is 43.2 Å². The highest BCUT2D eigenvalue weighted by Crippen LogP contribution is 2.37. The molecule has 1 saturated heterocycles. The standard InChI is InChI=1S/C56H83N9O10S2/c1-10-55(6,7)48(62-54(74)56(8)25-15-18-27-63(56)9)52(72)64(11-2)43(34(3)4)32-44(75-35(5)66)51-61-42(33-77-51)50(71)59-38-29-36-21-22-37(30-39(36)40(31-38)53(73)76)58-49(70)41(19-14-16-26-57)60-45(67)20-13-12-17-28-65-46(68)23-24-47(65)69/h21-24,30,33-34,38,40-41,43-44,48H,10-20,25-29,31-32,57H2,1-9H3,(H,58,70)(H,59,71)(H,60,67)(H,62,74)(H,73,76)/t38-,40+,41-,43+,44+,48+,56+/m0/s1. The molecule has 19 nitrogen and oxygen atoms in total. The zero-order chi connectivity index (χ0) is 56.8. The smallest absolute Gasteiger partial charge is 0.303 e. The number of nitrogens with two attached hydrogens (primary N) is 1. The first-order chi connectivity index (χ1) is 36.4. The van der Waals surface area contributed by atoms with E-state index in [1.807, 2.05) is 55.5 Å². The highest BCUT2D eigenvalue weighted by molar-refractivity contribution is 7.96. The van der Waals surface area contributed by atoms with Crippen LogP contribution in [0.2, 0.25) is 0 Å². The number of piperidine rings is 1. The van der Waals surface area contributed by atoms with E-state index in [0.29, 0.717) is 87.1 Å². The number of aromatic nitrogens is 1. The predicted molar refractivity (Wildman–Crippen MR) is 299 cm³/mol. The second-order valence-electron chi connectivity index (χ2n) is 22.0. The molecule has 1 fully saturated rings. The lowest BCUT2D eigenvalue weighted by atomic mass is 9.79. The van der Waals surface area contributed by atoms with E-state index in [-0.39, 0.29) is 67.0 Å². The maximum absolute atomic E-state index is 14.9. The number of likely N-dealkylation sites (N-methyl/N-ethyl adjacent to an activating group) is 2. The molecule has 21 heteroatoms. The molecular formula is C56H83N9O10S2. The summed E-state index contributed by atoms with van der Waals surface area (Å²) in [4.78, 5) is 129. The number of fused-ring (bicyclic) bond motifs is 1. The third-order valence-corrected chi connectivity index (χ3v) is 17.0. The molecule has 2 aromatic rings. The van der Waals surface area contributed by atoms with Crippen molar-refractivity contribution in [2.45, 2.75) is 187 Å². The lowest BCUT2D eigenvalue weighted by molar-refractivity contribution is -0.151. The van der Waals surface area contributed by atoms with Gasteiger partial charge < -0.3 is 36.6 Å². The van der Waals surface area contributed by atoms with E-state index < -0.39 is 70.0 Å². The van der Waals surface area contributed by atoms with Gasteiger partial charge in [-0.3, -0.25) is 53.0 Å². The Hall–Kier alpha value is -5.51. The SMILES string of the molecule is CCN(C(=O)[C@@H](NC(=O)[C@@]1(C)CCCCN1C)C(C)(C)CC)[C@H](C[C@@H](OC(C)=O)c1nc(C(=O)N[C@H]2Cc3ccc(NC(=O)[C@H](CCCCN)NC(=O)CCCCCN4C(=O)C=CC4=O)cc3[C@H](C(=O)S)C2)cs1)C(C)C. The molecular weight excluding hydrogens is 1020 g/mol. The number of thiazole rings is 1. The lowest BCUT2D eigenvalue weighted by Gasteiger charge is -2.45. The Bertz CT molecular complexity index is 2480. The van der Waals surface area contributed by atoms with Gasteiger partial charge in [0.1, 0.15) is 22.8 Å². The summed E-state index contributed by atoms with van der Waals surface area (Å²) in [5.74, 6) is -3.71. The van der Waals surface area contributed by atoms with Crippen LogP contribution in [0.5, 0.6) is 0 Å². The Morgan fingerprint density at radius 2 is 1.71 bits per heavy atom. The highest BCUT2D eigenvalue weighted by atomic mass is 32.1. The van der Waals surface area contributed by atoms with Gasteiger partial charge in [0, 0.05) is 68.2 Å². The molecule has 424 valence electrons. The minimum atomic E-state index is -0.905. The molecule has 2 aliphatic heterocycles. The number of amides is 7. The maximum Gasteiger partial charge on any atom is 0.303 e. The van der Waals surface area contributed by atoms with Gasteiger partial charge in [0.05, 0.1) is 11.5 Å². The van der Waals surface area contributed by atoms with Crippen LogP contribution in [0.4, 0.5) is 5.69 Å². The minimum absolute atomic E-state index is 0.0942. The number of hydrogen-bond donors (Lipinski definition) is 6. The van der Waals surface area contributed by atoms with Gasteiger partial charge in [-0.15, -0.1) is 24.0 Å². The van der Waals surface area contributed by atoms with Gasteiger partial charge >= 0.3 is 5.97 Å². The molecule has 3 heterocycles. The van der Waals surface area contributed by atoms with Gasteiger partial charge in [-0.25, -0.2) is 4.98 Å². The number of likely N-dealkylation sites (tertiary alicyclic amines) is 1. The summed E-state index contributed by atoms with van der Waals surface area (Å²) in [5.41, 5.74) is 6.32. The second kappa shape index (κ2) is 28.4. The van der Waals surface area contributed by atoms with Crippen LogP contribution in [0, 0.1) is 11.3 Å². The van der Waals surface area contributed by atoms with Gasteiger partial charge in [-0.05, 0) is 139 Å². The summed E-state index contributed by atoms with van der Waals surface area (Å²) in [6.07, 6.45) is 8.98. The molecule has 3 aliphatic rings. The Morgan fingerprint density at radius 1 is 1.00 bits per heavy atom. The van der Waals surface area contributed by atoms with Crippen LogP contribution < -0.4 is 27.0 Å². The molecule has 7 atom stereocenters. The quantitative estimate of drug-likeness (QED) is 0.0243. The van der Waals surface area contributed by atoms with Crippen LogP contribution in [0.1, 0.15) is 178 Å². The number of hydrogen-bond acceptors (Lipinski definition) is 14. The number of rotatable bonds is 28. The molecule has 5 rings (SSSR count). The van der Waals surface area contributed by atoms with Crippen molar-refractivity contribution in [3.8, 4) is 0 Å². The van der Waals surface area contributed by atoms with Crippen LogP contribution in [0.3, 0.4) is 0 Å². The molecule has 0 spiro atoms. The Labute approximate surface area is 463 Å². The molecule has 0 saturated carbocycles. The fraction of sp³-hybridized carbons (Fsp3) is 0.643. The fourth-order valence-corrected chi connectivity index (χ4v) is 11.5. The number of carbonyl (C=O) groups excluding carboxylic acids is 9. The third kappa shape index (κ3) is 16.5. The fourth-order valence-electron chi connectivity index (χ4n) is 10.5. The topological polar surface area (TPSA) is 260 Å². The van der Waals surface area contributed by atoms with Crippen molar-refractivity contribution in [2.24, 2.45) is 17.1 Å².